The Balaban J connectivity index is 1.21. The number of amides is 1. The molecule has 5 nitrogen and oxygen atoms in total. The summed E-state index contributed by atoms with van der Waals surface area (Å²) in [6.07, 6.45) is 1.87. The van der Waals surface area contributed by atoms with E-state index in [9.17, 15) is 4.79 Å². The average molecular weight is 449 g/mol. The molecular weight excluding hydrogens is 416 g/mol. The minimum absolute atomic E-state index is 0.242. The summed E-state index contributed by atoms with van der Waals surface area (Å²) < 4.78 is 6.00. The molecule has 2 aliphatic rings. The van der Waals surface area contributed by atoms with Crippen LogP contribution in [0.5, 0.6) is 0 Å². The number of hydrogen-bond donors (Lipinski definition) is 0. The van der Waals surface area contributed by atoms with Crippen LogP contribution >= 0.6 is 11.5 Å². The third kappa shape index (κ3) is 3.90. The van der Waals surface area contributed by atoms with Crippen molar-refractivity contribution in [3.63, 3.8) is 0 Å². The van der Waals surface area contributed by atoms with Gasteiger partial charge in [-0.3, -0.25) is 9.69 Å². The molecule has 1 amide bonds. The van der Waals surface area contributed by atoms with Gasteiger partial charge in [-0.1, -0.05) is 38.1 Å². The summed E-state index contributed by atoms with van der Waals surface area (Å²) in [6.45, 7) is 12.2. The first kappa shape index (κ1) is 21.4. The maximum absolute atomic E-state index is 12.8. The van der Waals surface area contributed by atoms with Crippen LogP contribution in [0.1, 0.15) is 31.9 Å². The van der Waals surface area contributed by atoms with Crippen molar-refractivity contribution in [1.82, 2.24) is 9.27 Å². The van der Waals surface area contributed by atoms with Gasteiger partial charge in [-0.25, -0.2) is 0 Å². The second kappa shape index (κ2) is 8.49. The van der Waals surface area contributed by atoms with E-state index >= 15 is 0 Å². The normalized spacial score (nSPS) is 18.9. The monoisotopic (exact) mass is 448 g/mol. The highest BCUT2D eigenvalue weighted by Gasteiger charge is 2.38. The van der Waals surface area contributed by atoms with Crippen molar-refractivity contribution < 1.29 is 4.79 Å². The number of fused-ring (bicyclic) bond motifs is 2. The van der Waals surface area contributed by atoms with Crippen molar-refractivity contribution in [2.75, 3.05) is 49.1 Å². The second-order valence-electron chi connectivity index (χ2n) is 9.65. The van der Waals surface area contributed by atoms with Gasteiger partial charge in [-0.15, -0.1) is 0 Å². The van der Waals surface area contributed by atoms with Gasteiger partial charge in [0.05, 0.1) is 4.70 Å². The molecule has 1 aromatic heterocycles. The highest BCUT2D eigenvalue weighted by molar-refractivity contribution is 7.13. The number of benzene rings is 2. The number of carbonyl (C=O) groups excluding carboxylic acids is 1. The lowest BCUT2D eigenvalue weighted by atomic mass is 9.79. The fraction of sp³-hybridized carbons (Fsp3) is 0.462. The Morgan fingerprint density at radius 3 is 2.62 bits per heavy atom. The van der Waals surface area contributed by atoms with Crippen LogP contribution in [0, 0.1) is 5.41 Å². The van der Waals surface area contributed by atoms with Gasteiger partial charge in [0.25, 0.3) is 0 Å². The number of rotatable bonds is 5. The number of piperazine rings is 1. The molecule has 0 N–H and O–H groups in total. The molecule has 0 bridgehead atoms. The molecule has 32 heavy (non-hydrogen) atoms. The topological polar surface area (TPSA) is 39.7 Å². The zero-order valence-corrected chi connectivity index (χ0v) is 20.1. The molecule has 1 saturated heterocycles. The Hall–Kier alpha value is -2.44. The predicted molar refractivity (Wildman–Crippen MR) is 134 cm³/mol. The van der Waals surface area contributed by atoms with Crippen LogP contribution in [0.3, 0.4) is 0 Å². The molecule has 0 atom stereocenters. The van der Waals surface area contributed by atoms with Crippen molar-refractivity contribution in [3.8, 4) is 0 Å². The summed E-state index contributed by atoms with van der Waals surface area (Å²) in [5.74, 6) is 1.39. The van der Waals surface area contributed by atoms with Gasteiger partial charge in [0.2, 0.25) is 5.91 Å². The molecule has 2 aromatic carbocycles. The van der Waals surface area contributed by atoms with E-state index in [1.54, 1.807) is 11.5 Å². The SMILES string of the molecule is CCN1C(=O)C(C)(C)Cc2cc(CCN3CCN(c4nsc5ccccc45)CC3)ccc21. The number of aromatic nitrogens is 1. The van der Waals surface area contributed by atoms with Gasteiger partial charge in [-0.05, 0) is 60.6 Å². The zero-order chi connectivity index (χ0) is 22.3. The number of carbonyl (C=O) groups is 1. The Labute approximate surface area is 194 Å². The van der Waals surface area contributed by atoms with E-state index in [4.69, 9.17) is 4.37 Å². The first-order valence-electron chi connectivity index (χ1n) is 11.7. The van der Waals surface area contributed by atoms with Gasteiger partial charge in [0.15, 0.2) is 0 Å². The van der Waals surface area contributed by atoms with Gasteiger partial charge in [0.1, 0.15) is 5.82 Å². The van der Waals surface area contributed by atoms with Gasteiger partial charge in [0, 0.05) is 55.8 Å². The van der Waals surface area contributed by atoms with Crippen molar-refractivity contribution in [2.45, 2.75) is 33.6 Å². The minimum Gasteiger partial charge on any atom is -0.353 e. The first-order chi connectivity index (χ1) is 15.5. The van der Waals surface area contributed by atoms with Crippen molar-refractivity contribution >= 4 is 39.0 Å². The summed E-state index contributed by atoms with van der Waals surface area (Å²) in [5, 5.41) is 1.28. The summed E-state index contributed by atoms with van der Waals surface area (Å²) in [4.78, 5) is 19.7. The fourth-order valence-electron chi connectivity index (χ4n) is 5.11. The van der Waals surface area contributed by atoms with Gasteiger partial charge < -0.3 is 9.80 Å². The van der Waals surface area contributed by atoms with E-state index in [0.717, 1.165) is 63.6 Å². The Morgan fingerprint density at radius 2 is 1.84 bits per heavy atom. The van der Waals surface area contributed by atoms with Crippen LogP contribution in [0.25, 0.3) is 10.1 Å². The predicted octanol–water partition coefficient (Wildman–Crippen LogP) is 4.60. The van der Waals surface area contributed by atoms with Crippen LogP contribution < -0.4 is 9.80 Å². The molecule has 2 aliphatic heterocycles. The van der Waals surface area contributed by atoms with Crippen molar-refractivity contribution in [1.29, 1.82) is 0 Å². The molecule has 1 fully saturated rings. The number of hydrogen-bond acceptors (Lipinski definition) is 5. The van der Waals surface area contributed by atoms with Gasteiger partial charge in [-0.2, -0.15) is 4.37 Å². The molecule has 0 aliphatic carbocycles. The highest BCUT2D eigenvalue weighted by atomic mass is 32.1. The van der Waals surface area contributed by atoms with Crippen LogP contribution in [-0.2, 0) is 17.6 Å². The molecule has 0 spiro atoms. The average Bonchev–Trinajstić information content (AvgIpc) is 3.23. The van der Waals surface area contributed by atoms with E-state index in [0.29, 0.717) is 0 Å². The van der Waals surface area contributed by atoms with E-state index < -0.39 is 0 Å². The second-order valence-corrected chi connectivity index (χ2v) is 10.5. The molecule has 6 heteroatoms. The standard InChI is InChI=1S/C26H32N4OS/c1-4-30-22-10-9-19(17-20(22)18-26(2,3)25(30)31)11-12-28-13-15-29(16-14-28)24-21-7-5-6-8-23(21)32-27-24/h5-10,17H,4,11-16,18H2,1-3H3. The lowest BCUT2D eigenvalue weighted by Gasteiger charge is -2.38. The van der Waals surface area contributed by atoms with E-state index in [-0.39, 0.29) is 11.3 Å². The molecule has 5 rings (SSSR count). The minimum atomic E-state index is -0.322. The Morgan fingerprint density at radius 1 is 1.06 bits per heavy atom. The Kier molecular flexibility index (Phi) is 5.68. The zero-order valence-electron chi connectivity index (χ0n) is 19.3. The summed E-state index contributed by atoms with van der Waals surface area (Å²) in [5.41, 5.74) is 3.47. The van der Waals surface area contributed by atoms with E-state index in [1.165, 1.54) is 21.2 Å². The summed E-state index contributed by atoms with van der Waals surface area (Å²) >= 11 is 1.60. The quantitative estimate of drug-likeness (QED) is 0.572. The van der Waals surface area contributed by atoms with Crippen LogP contribution in [0.15, 0.2) is 42.5 Å². The van der Waals surface area contributed by atoms with Crippen LogP contribution in [0.2, 0.25) is 0 Å². The van der Waals surface area contributed by atoms with E-state index in [1.807, 2.05) is 4.90 Å². The molecule has 3 aromatic rings. The maximum Gasteiger partial charge on any atom is 0.232 e. The molecule has 0 unspecified atom stereocenters. The third-order valence-corrected chi connectivity index (χ3v) is 7.77. The molecule has 0 saturated carbocycles. The lowest BCUT2D eigenvalue weighted by Crippen LogP contribution is -2.47. The van der Waals surface area contributed by atoms with Gasteiger partial charge >= 0.3 is 0 Å². The summed E-state index contributed by atoms with van der Waals surface area (Å²) in [7, 11) is 0. The molecule has 168 valence electrons. The fourth-order valence-corrected chi connectivity index (χ4v) is 5.91. The van der Waals surface area contributed by atoms with E-state index in [2.05, 4.69) is 73.0 Å². The summed E-state index contributed by atoms with van der Waals surface area (Å²) in [6, 6.07) is 15.2. The number of nitrogens with zero attached hydrogens (tertiary/aromatic N) is 4. The number of anilines is 2. The highest BCUT2D eigenvalue weighted by Crippen LogP contribution is 2.37. The maximum atomic E-state index is 12.8. The molecule has 3 heterocycles. The molecular formula is C26H32N4OS. The molecule has 0 radical (unpaired) electrons. The van der Waals surface area contributed by atoms with Crippen LogP contribution in [-0.4, -0.2) is 54.4 Å². The smallest absolute Gasteiger partial charge is 0.232 e. The third-order valence-electron chi connectivity index (χ3n) is 6.95. The lowest BCUT2D eigenvalue weighted by molar-refractivity contribution is -0.127. The van der Waals surface area contributed by atoms with Crippen molar-refractivity contribution in [3.05, 3.63) is 53.6 Å². The van der Waals surface area contributed by atoms with Crippen molar-refractivity contribution in [2.24, 2.45) is 5.41 Å². The first-order valence-corrected chi connectivity index (χ1v) is 12.5. The van der Waals surface area contributed by atoms with Crippen LogP contribution in [0.4, 0.5) is 11.5 Å². The Bertz CT molecular complexity index is 1130. The largest absolute Gasteiger partial charge is 0.353 e.